The molecule has 20 heavy (non-hydrogen) atoms. The van der Waals surface area contributed by atoms with Gasteiger partial charge in [-0.1, -0.05) is 12.1 Å². The van der Waals surface area contributed by atoms with E-state index in [-0.39, 0.29) is 5.95 Å². The fraction of sp³-hybridized carbons (Fsp3) is 0.214. The van der Waals surface area contributed by atoms with Crippen LogP contribution in [0, 0.1) is 0 Å². The Morgan fingerprint density at radius 2 is 2.20 bits per heavy atom. The first kappa shape index (κ1) is 11.2. The van der Waals surface area contributed by atoms with Crippen molar-refractivity contribution in [1.82, 2.24) is 20.2 Å². The van der Waals surface area contributed by atoms with Gasteiger partial charge in [0.25, 0.3) is 0 Å². The summed E-state index contributed by atoms with van der Waals surface area (Å²) in [6.45, 7) is 0.735. The zero-order valence-corrected chi connectivity index (χ0v) is 10.8. The number of nitrogens with zero attached hydrogens (tertiary/aromatic N) is 3. The van der Waals surface area contributed by atoms with Crippen molar-refractivity contribution in [3.05, 3.63) is 30.0 Å². The minimum Gasteiger partial charge on any atom is -0.493 e. The molecule has 1 aromatic carbocycles. The molecule has 0 aliphatic carbocycles. The first-order valence-electron chi connectivity index (χ1n) is 6.54. The average molecular weight is 267 g/mol. The molecule has 0 unspecified atom stereocenters. The van der Waals surface area contributed by atoms with Crippen LogP contribution in [0.25, 0.3) is 22.3 Å². The lowest BCUT2D eigenvalue weighted by Gasteiger charge is -2.20. The van der Waals surface area contributed by atoms with E-state index in [1.165, 1.54) is 5.56 Å². The molecule has 0 spiro atoms. The second kappa shape index (κ2) is 4.19. The molecule has 0 saturated heterocycles. The molecule has 0 bridgehead atoms. The first-order valence-corrected chi connectivity index (χ1v) is 6.54. The summed E-state index contributed by atoms with van der Waals surface area (Å²) in [7, 11) is 0. The first-order chi connectivity index (χ1) is 9.83. The molecule has 6 nitrogen and oxygen atoms in total. The average Bonchev–Trinajstić information content (AvgIpc) is 2.94. The van der Waals surface area contributed by atoms with Gasteiger partial charge in [-0.2, -0.15) is 10.1 Å². The monoisotopic (exact) mass is 267 g/mol. The molecule has 1 aliphatic heterocycles. The Hall–Kier alpha value is -2.63. The fourth-order valence-corrected chi connectivity index (χ4v) is 2.63. The van der Waals surface area contributed by atoms with Crippen molar-refractivity contribution in [3.8, 4) is 17.0 Å². The molecule has 0 amide bonds. The van der Waals surface area contributed by atoms with Crippen molar-refractivity contribution >= 4 is 17.0 Å². The number of hydrogen-bond donors (Lipinski definition) is 2. The number of ether oxygens (including phenoxy) is 1. The Kier molecular flexibility index (Phi) is 2.35. The smallest absolute Gasteiger partial charge is 0.222 e. The van der Waals surface area contributed by atoms with Crippen LogP contribution in [0.1, 0.15) is 12.0 Å². The standard InChI is InChI=1S/C14H13N5O/c15-14-17-11(10-7-16-19-13(10)18-14)9-5-1-3-8-4-2-6-20-12(8)9/h1,3,5,7H,2,4,6H2,(H3,15,16,17,18,19). The van der Waals surface area contributed by atoms with Crippen LogP contribution in [0.5, 0.6) is 5.75 Å². The maximum Gasteiger partial charge on any atom is 0.222 e. The van der Waals surface area contributed by atoms with E-state index in [0.717, 1.165) is 41.8 Å². The van der Waals surface area contributed by atoms with Crippen LogP contribution >= 0.6 is 0 Å². The number of nitrogens with two attached hydrogens (primary N) is 1. The molecule has 3 N–H and O–H groups in total. The number of aryl methyl sites for hydroxylation is 1. The number of hydrogen-bond acceptors (Lipinski definition) is 5. The number of anilines is 1. The van der Waals surface area contributed by atoms with Crippen molar-refractivity contribution in [2.45, 2.75) is 12.8 Å². The second-order valence-corrected chi connectivity index (χ2v) is 4.81. The van der Waals surface area contributed by atoms with Crippen molar-refractivity contribution < 1.29 is 4.74 Å². The summed E-state index contributed by atoms with van der Waals surface area (Å²) in [5.41, 5.74) is 9.35. The third kappa shape index (κ3) is 1.61. The van der Waals surface area contributed by atoms with Gasteiger partial charge >= 0.3 is 0 Å². The summed E-state index contributed by atoms with van der Waals surface area (Å²) < 4.78 is 5.84. The Bertz CT molecular complexity index is 795. The Morgan fingerprint density at radius 3 is 3.15 bits per heavy atom. The van der Waals surface area contributed by atoms with E-state index in [4.69, 9.17) is 10.5 Å². The molecular formula is C14H13N5O. The summed E-state index contributed by atoms with van der Waals surface area (Å²) in [6.07, 6.45) is 3.79. The number of rotatable bonds is 1. The van der Waals surface area contributed by atoms with Crippen LogP contribution in [0.4, 0.5) is 5.95 Å². The minimum atomic E-state index is 0.227. The van der Waals surface area contributed by atoms with E-state index in [0.29, 0.717) is 5.65 Å². The van der Waals surface area contributed by atoms with Gasteiger partial charge in [0.2, 0.25) is 5.95 Å². The molecule has 3 aromatic rings. The summed E-state index contributed by atoms with van der Waals surface area (Å²) in [6, 6.07) is 6.11. The lowest BCUT2D eigenvalue weighted by atomic mass is 9.99. The molecule has 100 valence electrons. The molecule has 0 saturated carbocycles. The molecule has 4 rings (SSSR count). The molecule has 0 radical (unpaired) electrons. The van der Waals surface area contributed by atoms with Crippen molar-refractivity contribution in [2.75, 3.05) is 12.3 Å². The predicted molar refractivity (Wildman–Crippen MR) is 75.3 cm³/mol. The molecule has 0 fully saturated rings. The highest BCUT2D eigenvalue weighted by Crippen LogP contribution is 2.37. The maximum atomic E-state index is 5.84. The van der Waals surface area contributed by atoms with E-state index in [1.54, 1.807) is 6.20 Å². The molecule has 2 aromatic heterocycles. The van der Waals surface area contributed by atoms with Gasteiger partial charge in [-0.15, -0.1) is 0 Å². The lowest BCUT2D eigenvalue weighted by Crippen LogP contribution is -2.09. The fourth-order valence-electron chi connectivity index (χ4n) is 2.63. The maximum absolute atomic E-state index is 5.84. The number of nitrogen functional groups attached to an aromatic ring is 1. The van der Waals surface area contributed by atoms with Crippen molar-refractivity contribution in [2.24, 2.45) is 0 Å². The summed E-state index contributed by atoms with van der Waals surface area (Å²) in [5, 5.41) is 7.69. The van der Waals surface area contributed by atoms with E-state index in [2.05, 4.69) is 26.2 Å². The number of para-hydroxylation sites is 1. The molecule has 3 heterocycles. The zero-order chi connectivity index (χ0) is 13.5. The lowest BCUT2D eigenvalue weighted by molar-refractivity contribution is 0.289. The number of H-pyrrole nitrogens is 1. The summed E-state index contributed by atoms with van der Waals surface area (Å²) in [4.78, 5) is 8.52. The van der Waals surface area contributed by atoms with Gasteiger partial charge in [0.05, 0.1) is 23.9 Å². The van der Waals surface area contributed by atoms with Gasteiger partial charge in [0, 0.05) is 5.56 Å². The van der Waals surface area contributed by atoms with Gasteiger partial charge in [-0.25, -0.2) is 4.98 Å². The van der Waals surface area contributed by atoms with E-state index >= 15 is 0 Å². The third-order valence-electron chi connectivity index (χ3n) is 3.52. The molecular weight excluding hydrogens is 254 g/mol. The Morgan fingerprint density at radius 1 is 1.25 bits per heavy atom. The predicted octanol–water partition coefficient (Wildman–Crippen LogP) is 1.93. The number of aromatic amines is 1. The zero-order valence-electron chi connectivity index (χ0n) is 10.8. The number of nitrogens with one attached hydrogen (secondary N) is 1. The van der Waals surface area contributed by atoms with Gasteiger partial charge in [0.15, 0.2) is 5.65 Å². The highest BCUT2D eigenvalue weighted by molar-refractivity contribution is 5.92. The summed E-state index contributed by atoms with van der Waals surface area (Å²) >= 11 is 0. The minimum absolute atomic E-state index is 0.227. The second-order valence-electron chi connectivity index (χ2n) is 4.81. The molecule has 1 aliphatic rings. The van der Waals surface area contributed by atoms with E-state index in [1.807, 2.05) is 12.1 Å². The topological polar surface area (TPSA) is 89.7 Å². The van der Waals surface area contributed by atoms with Crippen LogP contribution in [0.15, 0.2) is 24.4 Å². The quantitative estimate of drug-likeness (QED) is 0.703. The van der Waals surface area contributed by atoms with E-state index < -0.39 is 0 Å². The normalized spacial score (nSPS) is 14.0. The number of fused-ring (bicyclic) bond motifs is 2. The van der Waals surface area contributed by atoms with Crippen LogP contribution < -0.4 is 10.5 Å². The van der Waals surface area contributed by atoms with Gasteiger partial charge in [0.1, 0.15) is 5.75 Å². The van der Waals surface area contributed by atoms with Gasteiger partial charge < -0.3 is 10.5 Å². The van der Waals surface area contributed by atoms with Crippen molar-refractivity contribution in [3.63, 3.8) is 0 Å². The largest absolute Gasteiger partial charge is 0.493 e. The van der Waals surface area contributed by atoms with E-state index in [9.17, 15) is 0 Å². The van der Waals surface area contributed by atoms with Crippen LogP contribution in [-0.4, -0.2) is 26.8 Å². The number of benzene rings is 1. The number of aromatic nitrogens is 4. The van der Waals surface area contributed by atoms with Gasteiger partial charge in [-0.3, -0.25) is 5.10 Å². The SMILES string of the molecule is Nc1nc(-c2cccc3c2OCCC3)c2cn[nH]c2n1. The Labute approximate surface area is 115 Å². The third-order valence-corrected chi connectivity index (χ3v) is 3.52. The highest BCUT2D eigenvalue weighted by Gasteiger charge is 2.19. The van der Waals surface area contributed by atoms with Crippen LogP contribution in [0.3, 0.4) is 0 Å². The Balaban J connectivity index is 2.02. The van der Waals surface area contributed by atoms with Crippen LogP contribution in [0.2, 0.25) is 0 Å². The van der Waals surface area contributed by atoms with Crippen LogP contribution in [-0.2, 0) is 6.42 Å². The van der Waals surface area contributed by atoms with Gasteiger partial charge in [-0.05, 0) is 24.5 Å². The molecule has 6 heteroatoms. The van der Waals surface area contributed by atoms with Crippen molar-refractivity contribution in [1.29, 1.82) is 0 Å². The highest BCUT2D eigenvalue weighted by atomic mass is 16.5. The summed E-state index contributed by atoms with van der Waals surface area (Å²) in [5.74, 6) is 1.13. The molecule has 0 atom stereocenters.